The third kappa shape index (κ3) is 3.89. The smallest absolute Gasteiger partial charge is 0.306 e. The van der Waals surface area contributed by atoms with Crippen molar-refractivity contribution in [3.8, 4) is 0 Å². The van der Waals surface area contributed by atoms with Crippen LogP contribution in [0.25, 0.3) is 0 Å². The minimum atomic E-state index is -0.149. The summed E-state index contributed by atoms with van der Waals surface area (Å²) in [7, 11) is 1.43. The summed E-state index contributed by atoms with van der Waals surface area (Å²) in [5.41, 5.74) is 1.07. The fourth-order valence-electron chi connectivity index (χ4n) is 2.07. The van der Waals surface area contributed by atoms with E-state index in [1.54, 1.807) is 0 Å². The molecular formula is C13H20N4O2. The molecule has 1 aliphatic rings. The third-order valence-corrected chi connectivity index (χ3v) is 3.28. The topological polar surface area (TPSA) is 58.6 Å². The highest BCUT2D eigenvalue weighted by Gasteiger charge is 2.19. The van der Waals surface area contributed by atoms with Crippen LogP contribution in [0.2, 0.25) is 0 Å². The summed E-state index contributed by atoms with van der Waals surface area (Å²) >= 11 is 0. The van der Waals surface area contributed by atoms with E-state index < -0.39 is 0 Å². The number of hydrogen-bond acceptors (Lipinski definition) is 6. The van der Waals surface area contributed by atoms with Crippen LogP contribution < -0.4 is 4.90 Å². The highest BCUT2D eigenvalue weighted by Crippen LogP contribution is 2.10. The highest BCUT2D eigenvalue weighted by molar-refractivity contribution is 5.69. The van der Waals surface area contributed by atoms with Crippen LogP contribution in [0.4, 0.5) is 5.95 Å². The fraction of sp³-hybridized carbons (Fsp3) is 0.615. The van der Waals surface area contributed by atoms with E-state index in [-0.39, 0.29) is 5.97 Å². The van der Waals surface area contributed by atoms with Crippen molar-refractivity contribution in [1.82, 2.24) is 14.9 Å². The van der Waals surface area contributed by atoms with Crippen LogP contribution in [-0.2, 0) is 9.53 Å². The monoisotopic (exact) mass is 264 g/mol. The summed E-state index contributed by atoms with van der Waals surface area (Å²) in [6, 6.07) is 0. The molecule has 0 bridgehead atoms. The number of carbonyl (C=O) groups is 1. The molecule has 2 heterocycles. The third-order valence-electron chi connectivity index (χ3n) is 3.28. The second kappa shape index (κ2) is 6.47. The van der Waals surface area contributed by atoms with Gasteiger partial charge in [0.05, 0.1) is 13.5 Å². The quantitative estimate of drug-likeness (QED) is 0.737. The summed E-state index contributed by atoms with van der Waals surface area (Å²) in [6.45, 7) is 6.38. The maximum Gasteiger partial charge on any atom is 0.306 e. The number of rotatable bonds is 4. The lowest BCUT2D eigenvalue weighted by Crippen LogP contribution is -2.47. The predicted molar refractivity (Wildman–Crippen MR) is 72.1 cm³/mol. The van der Waals surface area contributed by atoms with Gasteiger partial charge in [-0.25, -0.2) is 9.97 Å². The second-order valence-corrected chi connectivity index (χ2v) is 4.72. The Kier molecular flexibility index (Phi) is 4.68. The van der Waals surface area contributed by atoms with Gasteiger partial charge in [-0.15, -0.1) is 0 Å². The van der Waals surface area contributed by atoms with Crippen LogP contribution in [0.5, 0.6) is 0 Å². The number of nitrogens with zero attached hydrogens (tertiary/aromatic N) is 4. The predicted octanol–water partition coefficient (Wildman–Crippen LogP) is 0.470. The summed E-state index contributed by atoms with van der Waals surface area (Å²) in [4.78, 5) is 24.2. The molecule has 2 rings (SSSR count). The summed E-state index contributed by atoms with van der Waals surface area (Å²) < 4.78 is 4.65. The van der Waals surface area contributed by atoms with E-state index >= 15 is 0 Å². The van der Waals surface area contributed by atoms with E-state index in [1.807, 2.05) is 19.3 Å². The molecule has 1 fully saturated rings. The molecule has 1 saturated heterocycles. The number of piperazine rings is 1. The fourth-order valence-corrected chi connectivity index (χ4v) is 2.07. The van der Waals surface area contributed by atoms with E-state index in [1.165, 1.54) is 7.11 Å². The lowest BCUT2D eigenvalue weighted by Gasteiger charge is -2.34. The molecule has 0 amide bonds. The second-order valence-electron chi connectivity index (χ2n) is 4.72. The lowest BCUT2D eigenvalue weighted by molar-refractivity contribution is -0.141. The van der Waals surface area contributed by atoms with Gasteiger partial charge < -0.3 is 9.64 Å². The van der Waals surface area contributed by atoms with Gasteiger partial charge in [0.15, 0.2) is 0 Å². The molecule has 0 saturated carbocycles. The number of carbonyl (C=O) groups excluding carboxylic acids is 1. The molecule has 6 heteroatoms. The number of methoxy groups -OCH3 is 1. The zero-order chi connectivity index (χ0) is 13.7. The van der Waals surface area contributed by atoms with E-state index in [2.05, 4.69) is 24.5 Å². The first-order valence-corrected chi connectivity index (χ1v) is 6.52. The Labute approximate surface area is 113 Å². The molecular weight excluding hydrogens is 244 g/mol. The molecule has 0 aromatic carbocycles. The number of ether oxygens (including phenoxy) is 1. The number of aromatic nitrogens is 2. The van der Waals surface area contributed by atoms with Crippen LogP contribution in [0.1, 0.15) is 12.0 Å². The Balaban J connectivity index is 1.79. The van der Waals surface area contributed by atoms with E-state index in [9.17, 15) is 4.79 Å². The number of anilines is 1. The lowest BCUT2D eigenvalue weighted by atomic mass is 10.3. The first-order chi connectivity index (χ1) is 9.19. The molecule has 6 nitrogen and oxygen atoms in total. The molecule has 0 aliphatic carbocycles. The largest absolute Gasteiger partial charge is 0.469 e. The van der Waals surface area contributed by atoms with Crippen LogP contribution in [0, 0.1) is 6.92 Å². The summed E-state index contributed by atoms with van der Waals surface area (Å²) in [5.74, 6) is 0.641. The SMILES string of the molecule is COC(=O)CCN1CCN(c2ncc(C)cn2)CC1. The zero-order valence-electron chi connectivity index (χ0n) is 11.5. The number of aryl methyl sites for hydroxylation is 1. The van der Waals surface area contributed by atoms with E-state index in [0.29, 0.717) is 6.42 Å². The average molecular weight is 264 g/mol. The van der Waals surface area contributed by atoms with Crippen LogP contribution in [0.15, 0.2) is 12.4 Å². The van der Waals surface area contributed by atoms with Crippen molar-refractivity contribution >= 4 is 11.9 Å². The van der Waals surface area contributed by atoms with Crippen molar-refractivity contribution in [2.75, 3.05) is 44.7 Å². The molecule has 1 aromatic heterocycles. The van der Waals surface area contributed by atoms with Gasteiger partial charge in [-0.2, -0.15) is 0 Å². The van der Waals surface area contributed by atoms with Crippen molar-refractivity contribution in [2.24, 2.45) is 0 Å². The minimum Gasteiger partial charge on any atom is -0.469 e. The number of hydrogen-bond donors (Lipinski definition) is 0. The van der Waals surface area contributed by atoms with Crippen molar-refractivity contribution in [3.05, 3.63) is 18.0 Å². The highest BCUT2D eigenvalue weighted by atomic mass is 16.5. The molecule has 1 aliphatic heterocycles. The Hall–Kier alpha value is -1.69. The molecule has 19 heavy (non-hydrogen) atoms. The Bertz CT molecular complexity index is 413. The van der Waals surface area contributed by atoms with E-state index in [0.717, 1.165) is 44.2 Å². The average Bonchev–Trinajstić information content (AvgIpc) is 2.46. The Morgan fingerprint density at radius 2 is 1.89 bits per heavy atom. The van der Waals surface area contributed by atoms with Gasteiger partial charge in [0.2, 0.25) is 5.95 Å². The van der Waals surface area contributed by atoms with Gasteiger partial charge >= 0.3 is 5.97 Å². The van der Waals surface area contributed by atoms with Crippen molar-refractivity contribution in [3.63, 3.8) is 0 Å². The van der Waals surface area contributed by atoms with Gasteiger partial charge in [0, 0.05) is 45.1 Å². The van der Waals surface area contributed by atoms with Crippen molar-refractivity contribution in [2.45, 2.75) is 13.3 Å². The van der Waals surface area contributed by atoms with Gasteiger partial charge in [0.25, 0.3) is 0 Å². The van der Waals surface area contributed by atoms with E-state index in [4.69, 9.17) is 0 Å². The van der Waals surface area contributed by atoms with Crippen LogP contribution >= 0.6 is 0 Å². The van der Waals surface area contributed by atoms with Gasteiger partial charge in [-0.3, -0.25) is 9.69 Å². The molecule has 0 spiro atoms. The molecule has 0 atom stereocenters. The van der Waals surface area contributed by atoms with Gasteiger partial charge in [-0.05, 0) is 12.5 Å². The zero-order valence-corrected chi connectivity index (χ0v) is 11.5. The first-order valence-electron chi connectivity index (χ1n) is 6.52. The molecule has 1 aromatic rings. The molecule has 0 radical (unpaired) electrons. The Morgan fingerprint density at radius 3 is 2.47 bits per heavy atom. The minimum absolute atomic E-state index is 0.149. The molecule has 104 valence electrons. The Morgan fingerprint density at radius 1 is 1.26 bits per heavy atom. The maximum atomic E-state index is 11.1. The van der Waals surface area contributed by atoms with Crippen LogP contribution in [0.3, 0.4) is 0 Å². The molecule has 0 N–H and O–H groups in total. The van der Waals surface area contributed by atoms with Gasteiger partial charge in [0.1, 0.15) is 0 Å². The summed E-state index contributed by atoms with van der Waals surface area (Å²) in [5, 5.41) is 0. The van der Waals surface area contributed by atoms with Crippen molar-refractivity contribution < 1.29 is 9.53 Å². The van der Waals surface area contributed by atoms with Crippen molar-refractivity contribution in [1.29, 1.82) is 0 Å². The maximum absolute atomic E-state index is 11.1. The number of esters is 1. The van der Waals surface area contributed by atoms with Gasteiger partial charge in [-0.1, -0.05) is 0 Å². The van der Waals surface area contributed by atoms with Crippen LogP contribution in [-0.4, -0.2) is 60.7 Å². The standard InChI is InChI=1S/C13H20N4O2/c1-11-9-14-13(15-10-11)17-7-5-16(6-8-17)4-3-12(18)19-2/h9-10H,3-8H2,1-2H3. The normalized spacial score (nSPS) is 16.4. The molecule has 0 unspecified atom stereocenters. The first kappa shape index (κ1) is 13.7. The summed E-state index contributed by atoms with van der Waals surface area (Å²) in [6.07, 6.45) is 4.13.